The third-order valence-corrected chi connectivity index (χ3v) is 5.64. The number of unbranched alkanes of at least 4 members (excludes halogenated alkanes) is 2. The molecule has 2 amide bonds. The van der Waals surface area contributed by atoms with Gasteiger partial charge in [-0.2, -0.15) is 0 Å². The Morgan fingerprint density at radius 1 is 1.02 bits per heavy atom. The number of hydrogen-bond acceptors (Lipinski definition) is 9. The fourth-order valence-electron chi connectivity index (χ4n) is 4.05. The molecular formula is C29H45N3O8. The van der Waals surface area contributed by atoms with Crippen LogP contribution in [0.3, 0.4) is 0 Å². The van der Waals surface area contributed by atoms with Crippen molar-refractivity contribution in [3.63, 3.8) is 0 Å². The number of alkyl carbamates (subject to hydrolysis) is 1. The Bertz CT molecular complexity index is 1020. The van der Waals surface area contributed by atoms with Crippen molar-refractivity contribution >= 4 is 29.6 Å². The number of carbonyl (C=O) groups excluding carboxylic acids is 4. The maximum atomic E-state index is 13.7. The number of nitrogens with zero attached hydrogens (tertiary/aromatic N) is 1. The lowest BCUT2D eigenvalue weighted by molar-refractivity contribution is -0.154. The number of benzene rings is 1. The molecule has 2 rings (SSSR count). The molecule has 1 aromatic carbocycles. The van der Waals surface area contributed by atoms with Crippen molar-refractivity contribution in [2.75, 3.05) is 31.2 Å². The standard InChI is InChI=1S/C29H45N3O8/c1-8-37-26(35)20(14-10-9-13-17-30-27(36)40-29(5,6)7)31-21-19-38-23-16-12-11-15-22(23)32(25(21)34)18-24(33)39-28(2,3)4/h11-12,15-16,20-21,31H,8-10,13-14,17-19H2,1-7H3,(H,30,36)/t20-,21?/m0/s1. The second-order valence-electron chi connectivity index (χ2n) is 11.6. The van der Waals surface area contributed by atoms with Crippen LogP contribution in [0.1, 0.15) is 74.1 Å². The van der Waals surface area contributed by atoms with Gasteiger partial charge in [-0.1, -0.05) is 25.0 Å². The lowest BCUT2D eigenvalue weighted by Crippen LogP contribution is -2.55. The van der Waals surface area contributed by atoms with Crippen molar-refractivity contribution in [2.45, 2.75) is 97.4 Å². The van der Waals surface area contributed by atoms with E-state index in [2.05, 4.69) is 10.6 Å². The molecule has 0 aromatic heterocycles. The molecule has 0 spiro atoms. The van der Waals surface area contributed by atoms with E-state index in [1.165, 1.54) is 4.90 Å². The highest BCUT2D eigenvalue weighted by Gasteiger charge is 2.36. The molecule has 0 saturated heterocycles. The van der Waals surface area contributed by atoms with Gasteiger partial charge in [-0.05, 0) is 73.4 Å². The number of para-hydroxylation sites is 2. The van der Waals surface area contributed by atoms with Crippen molar-refractivity contribution in [3.05, 3.63) is 24.3 Å². The van der Waals surface area contributed by atoms with Gasteiger partial charge in [0.25, 0.3) is 0 Å². The zero-order valence-electron chi connectivity index (χ0n) is 24.8. The minimum absolute atomic E-state index is 0.0314. The highest BCUT2D eigenvalue weighted by Crippen LogP contribution is 2.31. The molecule has 1 aliphatic heterocycles. The highest BCUT2D eigenvalue weighted by molar-refractivity contribution is 6.02. The fourth-order valence-corrected chi connectivity index (χ4v) is 4.05. The SMILES string of the molecule is CCOC(=O)[C@H](CCCCCNC(=O)OC(C)(C)C)NC1COc2ccccc2N(CC(=O)OC(C)(C)C)C1=O. The molecule has 0 aliphatic carbocycles. The summed E-state index contributed by atoms with van der Waals surface area (Å²) in [5.41, 5.74) is -0.823. The van der Waals surface area contributed by atoms with Crippen LogP contribution in [0.2, 0.25) is 0 Å². The lowest BCUT2D eigenvalue weighted by atomic mass is 10.1. The van der Waals surface area contributed by atoms with Crippen LogP contribution in [0.15, 0.2) is 24.3 Å². The molecule has 1 aromatic rings. The van der Waals surface area contributed by atoms with Crippen molar-refractivity contribution < 1.29 is 38.1 Å². The molecule has 0 bridgehead atoms. The maximum Gasteiger partial charge on any atom is 0.407 e. The summed E-state index contributed by atoms with van der Waals surface area (Å²) in [5.74, 6) is -0.985. The molecule has 0 fully saturated rings. The highest BCUT2D eigenvalue weighted by atomic mass is 16.6. The third kappa shape index (κ3) is 11.4. The topological polar surface area (TPSA) is 132 Å². The maximum absolute atomic E-state index is 13.7. The van der Waals surface area contributed by atoms with Crippen molar-refractivity contribution in [2.24, 2.45) is 0 Å². The predicted molar refractivity (Wildman–Crippen MR) is 150 cm³/mol. The Balaban J connectivity index is 2.05. The predicted octanol–water partition coefficient (Wildman–Crippen LogP) is 3.73. The summed E-state index contributed by atoms with van der Waals surface area (Å²) in [7, 11) is 0. The second-order valence-corrected chi connectivity index (χ2v) is 11.6. The Kier molecular flexibility index (Phi) is 12.2. The number of fused-ring (bicyclic) bond motifs is 1. The van der Waals surface area contributed by atoms with Gasteiger partial charge < -0.3 is 24.3 Å². The van der Waals surface area contributed by atoms with Gasteiger partial charge in [-0.25, -0.2) is 4.79 Å². The van der Waals surface area contributed by atoms with Crippen LogP contribution in [0.5, 0.6) is 5.75 Å². The molecule has 0 saturated carbocycles. The third-order valence-electron chi connectivity index (χ3n) is 5.64. The number of ether oxygens (including phenoxy) is 4. The molecule has 11 heteroatoms. The van der Waals surface area contributed by atoms with Crippen LogP contribution < -0.4 is 20.3 Å². The molecule has 11 nitrogen and oxygen atoms in total. The molecular weight excluding hydrogens is 518 g/mol. The average molecular weight is 564 g/mol. The van der Waals surface area contributed by atoms with E-state index in [9.17, 15) is 19.2 Å². The summed E-state index contributed by atoms with van der Waals surface area (Å²) >= 11 is 0. The number of hydrogen-bond donors (Lipinski definition) is 2. The van der Waals surface area contributed by atoms with Crippen molar-refractivity contribution in [1.82, 2.24) is 10.6 Å². The smallest absolute Gasteiger partial charge is 0.407 e. The molecule has 40 heavy (non-hydrogen) atoms. The van der Waals surface area contributed by atoms with Gasteiger partial charge in [-0.3, -0.25) is 24.6 Å². The Hall–Kier alpha value is -3.34. The summed E-state index contributed by atoms with van der Waals surface area (Å²) in [4.78, 5) is 52.3. The zero-order chi connectivity index (χ0) is 29.9. The monoisotopic (exact) mass is 563 g/mol. The Morgan fingerprint density at radius 3 is 2.35 bits per heavy atom. The summed E-state index contributed by atoms with van der Waals surface area (Å²) in [5, 5.41) is 5.84. The number of rotatable bonds is 12. The van der Waals surface area contributed by atoms with E-state index in [1.807, 2.05) is 0 Å². The number of esters is 2. The number of amides is 2. The molecule has 1 unspecified atom stereocenters. The van der Waals surface area contributed by atoms with Crippen LogP contribution in [-0.4, -0.2) is 73.5 Å². The zero-order valence-corrected chi connectivity index (χ0v) is 24.8. The number of nitrogens with one attached hydrogen (secondary N) is 2. The van der Waals surface area contributed by atoms with E-state index in [0.29, 0.717) is 37.2 Å². The largest absolute Gasteiger partial charge is 0.489 e. The van der Waals surface area contributed by atoms with E-state index in [4.69, 9.17) is 18.9 Å². The van der Waals surface area contributed by atoms with Crippen LogP contribution in [0.4, 0.5) is 10.5 Å². The average Bonchev–Trinajstić information content (AvgIpc) is 2.95. The van der Waals surface area contributed by atoms with E-state index in [-0.39, 0.29) is 19.8 Å². The number of carbonyl (C=O) groups is 4. The molecule has 1 heterocycles. The Labute approximate surface area is 237 Å². The minimum Gasteiger partial charge on any atom is -0.489 e. The molecule has 0 radical (unpaired) electrons. The Morgan fingerprint density at radius 2 is 1.70 bits per heavy atom. The fraction of sp³-hybridized carbons (Fsp3) is 0.655. The first-order chi connectivity index (χ1) is 18.7. The van der Waals surface area contributed by atoms with Crippen LogP contribution >= 0.6 is 0 Å². The summed E-state index contributed by atoms with van der Waals surface area (Å²) in [6.45, 7) is 12.7. The molecule has 2 atom stereocenters. The quantitative estimate of drug-likeness (QED) is 0.222. The van der Waals surface area contributed by atoms with Crippen LogP contribution in [0, 0.1) is 0 Å². The number of anilines is 1. The molecule has 1 aliphatic rings. The van der Waals surface area contributed by atoms with E-state index < -0.39 is 47.2 Å². The molecule has 224 valence electrons. The normalized spacial score (nSPS) is 16.2. The van der Waals surface area contributed by atoms with Crippen LogP contribution in [0.25, 0.3) is 0 Å². The van der Waals surface area contributed by atoms with Gasteiger partial charge >= 0.3 is 18.0 Å². The van der Waals surface area contributed by atoms with Gasteiger partial charge in [0.2, 0.25) is 5.91 Å². The van der Waals surface area contributed by atoms with Crippen LogP contribution in [-0.2, 0) is 28.6 Å². The van der Waals surface area contributed by atoms with Crippen molar-refractivity contribution in [3.8, 4) is 5.75 Å². The molecule has 2 N–H and O–H groups in total. The second kappa shape index (κ2) is 14.9. The van der Waals surface area contributed by atoms with Gasteiger partial charge in [0.1, 0.15) is 42.2 Å². The first kappa shape index (κ1) is 32.9. The lowest BCUT2D eigenvalue weighted by Gasteiger charge is -2.28. The van der Waals surface area contributed by atoms with Gasteiger partial charge in [0, 0.05) is 6.54 Å². The van der Waals surface area contributed by atoms with Crippen molar-refractivity contribution in [1.29, 1.82) is 0 Å². The van der Waals surface area contributed by atoms with E-state index >= 15 is 0 Å². The van der Waals surface area contributed by atoms with E-state index in [1.54, 1.807) is 72.7 Å². The van der Waals surface area contributed by atoms with E-state index in [0.717, 1.165) is 6.42 Å². The summed E-state index contributed by atoms with van der Waals surface area (Å²) in [6, 6.07) is 5.29. The van der Waals surface area contributed by atoms with Gasteiger partial charge in [0.15, 0.2) is 0 Å². The first-order valence-electron chi connectivity index (χ1n) is 13.8. The first-order valence-corrected chi connectivity index (χ1v) is 13.8. The minimum atomic E-state index is -0.905. The summed E-state index contributed by atoms with van der Waals surface area (Å²) in [6.07, 6.45) is 2.02. The van der Waals surface area contributed by atoms with Gasteiger partial charge in [0.05, 0.1) is 12.3 Å². The summed E-state index contributed by atoms with van der Waals surface area (Å²) < 4.78 is 21.9. The van der Waals surface area contributed by atoms with Gasteiger partial charge in [-0.15, -0.1) is 0 Å².